The molecule has 0 saturated heterocycles. The molecule has 1 aromatic heterocycles. The highest BCUT2D eigenvalue weighted by atomic mass is 32.1. The van der Waals surface area contributed by atoms with Crippen LogP contribution in [-0.4, -0.2) is 23.2 Å². The molecule has 0 aliphatic heterocycles. The van der Waals surface area contributed by atoms with Crippen molar-refractivity contribution in [2.24, 2.45) is 0 Å². The fraction of sp³-hybridized carbons (Fsp3) is 0.692. The number of rotatable bonds is 6. The van der Waals surface area contributed by atoms with Crippen LogP contribution in [0.5, 0.6) is 0 Å². The van der Waals surface area contributed by atoms with Crippen molar-refractivity contribution in [1.82, 2.24) is 4.98 Å². The first kappa shape index (κ1) is 15.1. The molecule has 5 heteroatoms. The SMILES string of the molecule is CCC(CC)(OC)c1nc(C(C)(C)C(=O)O)cs1. The molecule has 1 N–H and O–H groups in total. The average Bonchev–Trinajstić information content (AvgIpc) is 2.82. The lowest BCUT2D eigenvalue weighted by molar-refractivity contribution is -0.142. The fourth-order valence-corrected chi connectivity index (χ4v) is 3.12. The summed E-state index contributed by atoms with van der Waals surface area (Å²) >= 11 is 1.48. The molecule has 0 aliphatic rings. The smallest absolute Gasteiger partial charge is 0.315 e. The van der Waals surface area contributed by atoms with Gasteiger partial charge in [0.2, 0.25) is 0 Å². The number of carboxylic acid groups (broad SMARTS) is 1. The number of aliphatic carboxylic acids is 1. The van der Waals surface area contributed by atoms with Crippen LogP contribution in [0.3, 0.4) is 0 Å². The maximum Gasteiger partial charge on any atom is 0.315 e. The lowest BCUT2D eigenvalue weighted by atomic mass is 9.90. The summed E-state index contributed by atoms with van der Waals surface area (Å²) in [5, 5.41) is 11.9. The molecular formula is C13H21NO3S. The molecule has 0 spiro atoms. The van der Waals surface area contributed by atoms with Crippen LogP contribution in [0.25, 0.3) is 0 Å². The van der Waals surface area contributed by atoms with Gasteiger partial charge in [0, 0.05) is 12.5 Å². The van der Waals surface area contributed by atoms with Crippen LogP contribution in [0.2, 0.25) is 0 Å². The minimum absolute atomic E-state index is 0.391. The maximum atomic E-state index is 11.2. The molecule has 0 radical (unpaired) electrons. The molecule has 0 aromatic carbocycles. The van der Waals surface area contributed by atoms with Gasteiger partial charge in [0.15, 0.2) is 0 Å². The van der Waals surface area contributed by atoms with E-state index < -0.39 is 17.0 Å². The van der Waals surface area contributed by atoms with E-state index in [1.54, 1.807) is 21.0 Å². The summed E-state index contributed by atoms with van der Waals surface area (Å²) < 4.78 is 5.61. The topological polar surface area (TPSA) is 59.4 Å². The highest BCUT2D eigenvalue weighted by molar-refractivity contribution is 7.09. The Kier molecular flexibility index (Phi) is 4.50. The summed E-state index contributed by atoms with van der Waals surface area (Å²) in [4.78, 5) is 15.7. The second-order valence-electron chi connectivity index (χ2n) is 4.87. The standard InChI is InChI=1S/C13H21NO3S/c1-6-13(7-2,17-5)10-14-9(8-18-10)12(3,4)11(15)16/h8H,6-7H2,1-5H3,(H,15,16). The lowest BCUT2D eigenvalue weighted by Crippen LogP contribution is -2.30. The van der Waals surface area contributed by atoms with Crippen LogP contribution in [0.4, 0.5) is 0 Å². The van der Waals surface area contributed by atoms with Gasteiger partial charge in [-0.15, -0.1) is 11.3 Å². The van der Waals surface area contributed by atoms with Crippen molar-refractivity contribution in [3.8, 4) is 0 Å². The molecule has 1 rings (SSSR count). The van der Waals surface area contributed by atoms with Gasteiger partial charge in [0.25, 0.3) is 0 Å². The first-order valence-electron chi connectivity index (χ1n) is 6.09. The Balaban J connectivity index is 3.17. The van der Waals surface area contributed by atoms with E-state index in [1.165, 1.54) is 11.3 Å². The van der Waals surface area contributed by atoms with Crippen molar-refractivity contribution < 1.29 is 14.6 Å². The third-order valence-corrected chi connectivity index (χ3v) is 4.63. The number of ether oxygens (including phenoxy) is 1. The molecule has 0 aliphatic carbocycles. The van der Waals surface area contributed by atoms with E-state index in [0.717, 1.165) is 17.8 Å². The van der Waals surface area contributed by atoms with Gasteiger partial charge in [-0.1, -0.05) is 13.8 Å². The number of carbonyl (C=O) groups is 1. The summed E-state index contributed by atoms with van der Waals surface area (Å²) in [6.45, 7) is 7.44. The predicted molar refractivity (Wildman–Crippen MR) is 72.0 cm³/mol. The molecule has 0 bridgehead atoms. The third-order valence-electron chi connectivity index (χ3n) is 3.60. The van der Waals surface area contributed by atoms with Gasteiger partial charge in [-0.2, -0.15) is 0 Å². The first-order valence-corrected chi connectivity index (χ1v) is 6.97. The summed E-state index contributed by atoms with van der Waals surface area (Å²) in [7, 11) is 1.68. The Morgan fingerprint density at radius 1 is 1.44 bits per heavy atom. The van der Waals surface area contributed by atoms with E-state index in [9.17, 15) is 9.90 Å². The maximum absolute atomic E-state index is 11.2. The number of aromatic nitrogens is 1. The second kappa shape index (κ2) is 5.36. The van der Waals surface area contributed by atoms with Crippen molar-refractivity contribution in [1.29, 1.82) is 0 Å². The van der Waals surface area contributed by atoms with Crippen LogP contribution in [0.15, 0.2) is 5.38 Å². The molecule has 102 valence electrons. The highest BCUT2D eigenvalue weighted by Crippen LogP contribution is 2.36. The zero-order valence-electron chi connectivity index (χ0n) is 11.6. The van der Waals surface area contributed by atoms with Gasteiger partial charge in [-0.25, -0.2) is 4.98 Å². The van der Waals surface area contributed by atoms with Crippen LogP contribution < -0.4 is 0 Å². The Morgan fingerprint density at radius 3 is 2.39 bits per heavy atom. The van der Waals surface area contributed by atoms with Crippen molar-refractivity contribution >= 4 is 17.3 Å². The van der Waals surface area contributed by atoms with Crippen molar-refractivity contribution in [3.05, 3.63) is 16.1 Å². The van der Waals surface area contributed by atoms with Gasteiger partial charge in [0.05, 0.1) is 5.69 Å². The minimum atomic E-state index is -0.963. The molecule has 18 heavy (non-hydrogen) atoms. The van der Waals surface area contributed by atoms with E-state index in [-0.39, 0.29) is 0 Å². The molecule has 1 aromatic rings. The van der Waals surface area contributed by atoms with Crippen molar-refractivity contribution in [2.45, 2.75) is 51.6 Å². The molecule has 0 unspecified atom stereocenters. The Bertz CT molecular complexity index is 413. The van der Waals surface area contributed by atoms with E-state index >= 15 is 0 Å². The molecule has 0 atom stereocenters. The first-order chi connectivity index (χ1) is 8.34. The summed E-state index contributed by atoms with van der Waals surface area (Å²) in [6, 6.07) is 0. The van der Waals surface area contributed by atoms with E-state index in [1.807, 2.05) is 5.38 Å². The van der Waals surface area contributed by atoms with E-state index in [4.69, 9.17) is 4.74 Å². The number of carboxylic acids is 1. The number of methoxy groups -OCH3 is 1. The Labute approximate surface area is 112 Å². The van der Waals surface area contributed by atoms with Crippen LogP contribution in [0.1, 0.15) is 51.2 Å². The zero-order chi connectivity index (χ0) is 14.0. The second-order valence-corrected chi connectivity index (χ2v) is 5.73. The number of thiazole rings is 1. The number of hydrogen-bond acceptors (Lipinski definition) is 4. The quantitative estimate of drug-likeness (QED) is 0.863. The van der Waals surface area contributed by atoms with Crippen LogP contribution in [-0.2, 0) is 20.5 Å². The van der Waals surface area contributed by atoms with E-state index in [2.05, 4.69) is 18.8 Å². The van der Waals surface area contributed by atoms with Gasteiger partial charge in [-0.05, 0) is 26.7 Å². The van der Waals surface area contributed by atoms with Gasteiger partial charge in [-0.3, -0.25) is 4.79 Å². The lowest BCUT2D eigenvalue weighted by Gasteiger charge is -2.27. The van der Waals surface area contributed by atoms with Gasteiger partial charge < -0.3 is 9.84 Å². The number of nitrogens with zero attached hydrogens (tertiary/aromatic N) is 1. The summed E-state index contributed by atoms with van der Waals surface area (Å²) in [5.41, 5.74) is -0.758. The molecule has 0 fully saturated rings. The Hall–Kier alpha value is -0.940. The molecule has 0 saturated carbocycles. The van der Waals surface area contributed by atoms with Gasteiger partial charge >= 0.3 is 5.97 Å². The number of hydrogen-bond donors (Lipinski definition) is 1. The summed E-state index contributed by atoms with van der Waals surface area (Å²) in [5.74, 6) is -0.865. The Morgan fingerprint density at radius 2 is 2.00 bits per heavy atom. The third kappa shape index (κ3) is 2.42. The molecular weight excluding hydrogens is 250 g/mol. The highest BCUT2D eigenvalue weighted by Gasteiger charge is 2.36. The largest absolute Gasteiger partial charge is 0.481 e. The summed E-state index contributed by atoms with van der Waals surface area (Å²) in [6.07, 6.45) is 1.64. The molecule has 0 amide bonds. The van der Waals surface area contributed by atoms with Crippen LogP contribution in [0, 0.1) is 0 Å². The predicted octanol–water partition coefficient (Wildman–Crippen LogP) is 3.17. The van der Waals surface area contributed by atoms with E-state index in [0.29, 0.717) is 5.69 Å². The molecule has 4 nitrogen and oxygen atoms in total. The zero-order valence-corrected chi connectivity index (χ0v) is 12.4. The van der Waals surface area contributed by atoms with Gasteiger partial charge in [0.1, 0.15) is 16.0 Å². The normalized spacial score (nSPS) is 12.7. The van der Waals surface area contributed by atoms with Crippen molar-refractivity contribution in [2.75, 3.05) is 7.11 Å². The minimum Gasteiger partial charge on any atom is -0.481 e. The monoisotopic (exact) mass is 271 g/mol. The van der Waals surface area contributed by atoms with Crippen LogP contribution >= 0.6 is 11.3 Å². The van der Waals surface area contributed by atoms with Crippen molar-refractivity contribution in [3.63, 3.8) is 0 Å². The molecule has 1 heterocycles. The fourth-order valence-electron chi connectivity index (χ4n) is 1.81. The average molecular weight is 271 g/mol.